The molecule has 0 saturated carbocycles. The largest absolute Gasteiger partial charge is 0.481 e. The van der Waals surface area contributed by atoms with Crippen LogP contribution in [0.25, 0.3) is 0 Å². The Labute approximate surface area is 167 Å². The van der Waals surface area contributed by atoms with Gasteiger partial charge in [0.15, 0.2) is 15.0 Å². The number of benzene rings is 1. The van der Waals surface area contributed by atoms with Gasteiger partial charge in [0.05, 0.1) is 34.7 Å². The number of aliphatic carboxylic acids is 1. The standard InChI is InChI=1S/C15H14BrClN2O5S2/c16-8-1-2-10(9(17)5-8)19-11-6-26(23,24)7-12(11)25-15(19)18-13(20)3-4-14(21)22/h1-2,5,11-12H,3-4,6-7H2,(H,21,22)/t11-,12-/m0/s1. The third-order valence-corrected chi connectivity index (χ3v) is 8.01. The summed E-state index contributed by atoms with van der Waals surface area (Å²) in [5, 5.41) is 9.21. The molecule has 1 N–H and O–H groups in total. The van der Waals surface area contributed by atoms with Crippen molar-refractivity contribution in [2.24, 2.45) is 4.99 Å². The van der Waals surface area contributed by atoms with E-state index < -0.39 is 21.7 Å². The highest BCUT2D eigenvalue weighted by Gasteiger charge is 2.49. The van der Waals surface area contributed by atoms with Gasteiger partial charge in [0.1, 0.15) is 0 Å². The van der Waals surface area contributed by atoms with E-state index in [1.165, 1.54) is 11.8 Å². The Hall–Kier alpha value is -1.10. The second-order valence-corrected chi connectivity index (χ2v) is 10.6. The molecule has 11 heteroatoms. The topological polar surface area (TPSA) is 104 Å². The monoisotopic (exact) mass is 480 g/mol. The van der Waals surface area contributed by atoms with E-state index in [1.54, 1.807) is 23.1 Å². The zero-order valence-electron chi connectivity index (χ0n) is 13.3. The Bertz CT molecular complexity index is 905. The highest BCUT2D eigenvalue weighted by atomic mass is 79.9. The van der Waals surface area contributed by atoms with Gasteiger partial charge in [-0.1, -0.05) is 39.3 Å². The summed E-state index contributed by atoms with van der Waals surface area (Å²) in [5.41, 5.74) is 0.566. The van der Waals surface area contributed by atoms with Crippen molar-refractivity contribution in [2.45, 2.75) is 24.1 Å². The van der Waals surface area contributed by atoms with E-state index in [2.05, 4.69) is 20.9 Å². The van der Waals surface area contributed by atoms with Crippen LogP contribution < -0.4 is 4.90 Å². The Morgan fingerprint density at radius 2 is 2.08 bits per heavy atom. The van der Waals surface area contributed by atoms with E-state index in [1.807, 2.05) is 0 Å². The summed E-state index contributed by atoms with van der Waals surface area (Å²) in [6, 6.07) is 4.82. The summed E-state index contributed by atoms with van der Waals surface area (Å²) in [4.78, 5) is 28.4. The molecule has 1 aromatic rings. The average molecular weight is 482 g/mol. The minimum absolute atomic E-state index is 0.00924. The van der Waals surface area contributed by atoms with Crippen LogP contribution in [0, 0.1) is 0 Å². The third-order valence-electron chi connectivity index (χ3n) is 4.01. The van der Waals surface area contributed by atoms with Gasteiger partial charge in [-0.3, -0.25) is 9.59 Å². The molecule has 0 bridgehead atoms. The molecule has 26 heavy (non-hydrogen) atoms. The number of amides is 1. The molecule has 0 spiro atoms. The summed E-state index contributed by atoms with van der Waals surface area (Å²) in [6.45, 7) is 0. The van der Waals surface area contributed by atoms with Gasteiger partial charge in [-0.25, -0.2) is 8.42 Å². The van der Waals surface area contributed by atoms with Crippen LogP contribution in [0.3, 0.4) is 0 Å². The zero-order valence-corrected chi connectivity index (χ0v) is 17.2. The molecule has 2 atom stereocenters. The normalized spacial score (nSPS) is 25.5. The summed E-state index contributed by atoms with van der Waals surface area (Å²) < 4.78 is 24.8. The predicted molar refractivity (Wildman–Crippen MR) is 105 cm³/mol. The molecule has 140 valence electrons. The summed E-state index contributed by atoms with van der Waals surface area (Å²) in [6.07, 6.45) is -0.518. The second-order valence-electron chi connectivity index (χ2n) is 5.95. The molecule has 7 nitrogen and oxygen atoms in total. The number of carboxylic acid groups (broad SMARTS) is 1. The van der Waals surface area contributed by atoms with Gasteiger partial charge in [0.2, 0.25) is 5.91 Å². The molecule has 2 saturated heterocycles. The summed E-state index contributed by atoms with van der Waals surface area (Å²) >= 11 is 10.9. The number of hydrogen-bond acceptors (Lipinski definition) is 5. The number of carboxylic acids is 1. The molecule has 0 radical (unpaired) electrons. The van der Waals surface area contributed by atoms with Gasteiger partial charge < -0.3 is 10.0 Å². The molecule has 0 aromatic heterocycles. The van der Waals surface area contributed by atoms with Crippen molar-refractivity contribution in [1.29, 1.82) is 0 Å². The molecule has 2 aliphatic rings. The van der Waals surface area contributed by atoms with Crippen LogP contribution >= 0.6 is 39.3 Å². The van der Waals surface area contributed by atoms with Crippen molar-refractivity contribution in [3.05, 3.63) is 27.7 Å². The number of hydrogen-bond donors (Lipinski definition) is 1. The molecule has 3 rings (SSSR count). The van der Waals surface area contributed by atoms with Crippen molar-refractivity contribution in [3.63, 3.8) is 0 Å². The Balaban J connectivity index is 1.96. The molecule has 2 heterocycles. The summed E-state index contributed by atoms with van der Waals surface area (Å²) in [7, 11) is -3.17. The first-order valence-corrected chi connectivity index (χ1v) is 11.5. The Kier molecular flexibility index (Phi) is 5.66. The van der Waals surface area contributed by atoms with Crippen LogP contribution in [0.1, 0.15) is 12.8 Å². The highest BCUT2D eigenvalue weighted by Crippen LogP contribution is 2.43. The lowest BCUT2D eigenvalue weighted by Gasteiger charge is -2.25. The van der Waals surface area contributed by atoms with Crippen molar-refractivity contribution in [2.75, 3.05) is 16.4 Å². The van der Waals surface area contributed by atoms with Crippen molar-refractivity contribution in [1.82, 2.24) is 0 Å². The number of anilines is 1. The number of carbonyl (C=O) groups excluding carboxylic acids is 1. The molecule has 1 amide bonds. The number of amidine groups is 1. The van der Waals surface area contributed by atoms with E-state index in [-0.39, 0.29) is 35.6 Å². The van der Waals surface area contributed by atoms with Gasteiger partial charge in [-0.2, -0.15) is 4.99 Å². The fourth-order valence-electron chi connectivity index (χ4n) is 2.90. The number of halogens is 2. The molecule has 2 aliphatic heterocycles. The second kappa shape index (κ2) is 7.49. The van der Waals surface area contributed by atoms with Gasteiger partial charge >= 0.3 is 5.97 Å². The minimum atomic E-state index is -3.17. The van der Waals surface area contributed by atoms with Gasteiger partial charge in [-0.15, -0.1) is 0 Å². The highest BCUT2D eigenvalue weighted by molar-refractivity contribution is 9.10. The van der Waals surface area contributed by atoms with Crippen molar-refractivity contribution in [3.8, 4) is 0 Å². The van der Waals surface area contributed by atoms with Crippen LogP contribution in [-0.4, -0.2) is 53.4 Å². The molecule has 1 aromatic carbocycles. The lowest BCUT2D eigenvalue weighted by atomic mass is 10.2. The summed E-state index contributed by atoms with van der Waals surface area (Å²) in [5.74, 6) is -1.67. The Morgan fingerprint density at radius 1 is 1.35 bits per heavy atom. The first kappa shape index (κ1) is 19.7. The number of aliphatic imine (C=N–C) groups is 1. The maximum absolute atomic E-state index is 12.0. The molecular weight excluding hydrogens is 468 g/mol. The maximum Gasteiger partial charge on any atom is 0.303 e. The predicted octanol–water partition coefficient (Wildman–Crippen LogP) is 2.57. The SMILES string of the molecule is O=C(O)CCC(=O)N=C1S[C@H]2CS(=O)(=O)C[C@@H]2N1c1ccc(Br)cc1Cl. The number of rotatable bonds is 4. The van der Waals surface area contributed by atoms with E-state index in [4.69, 9.17) is 16.7 Å². The minimum Gasteiger partial charge on any atom is -0.481 e. The van der Waals surface area contributed by atoms with Gasteiger partial charge in [0, 0.05) is 16.1 Å². The third kappa shape index (κ3) is 4.24. The zero-order chi connectivity index (χ0) is 19.1. The van der Waals surface area contributed by atoms with Gasteiger partial charge in [0.25, 0.3) is 0 Å². The van der Waals surface area contributed by atoms with Gasteiger partial charge in [-0.05, 0) is 18.2 Å². The van der Waals surface area contributed by atoms with Crippen molar-refractivity contribution >= 4 is 71.9 Å². The number of fused-ring (bicyclic) bond motifs is 1. The lowest BCUT2D eigenvalue weighted by Crippen LogP contribution is -2.38. The molecule has 0 aliphatic carbocycles. The fraction of sp³-hybridized carbons (Fsp3) is 0.400. The van der Waals surface area contributed by atoms with E-state index in [0.29, 0.717) is 15.9 Å². The number of thioether (sulfide) groups is 1. The first-order valence-electron chi connectivity index (χ1n) is 7.61. The fourth-order valence-corrected chi connectivity index (χ4v) is 7.59. The molecule has 2 fully saturated rings. The van der Waals surface area contributed by atoms with E-state index >= 15 is 0 Å². The van der Waals surface area contributed by atoms with Crippen LogP contribution in [0.5, 0.6) is 0 Å². The number of carbonyl (C=O) groups is 2. The quantitative estimate of drug-likeness (QED) is 0.705. The van der Waals surface area contributed by atoms with Crippen molar-refractivity contribution < 1.29 is 23.1 Å². The van der Waals surface area contributed by atoms with Crippen LogP contribution in [-0.2, 0) is 19.4 Å². The van der Waals surface area contributed by atoms with E-state index in [0.717, 1.165) is 4.47 Å². The molecule has 0 unspecified atom stereocenters. The maximum atomic E-state index is 12.0. The first-order chi connectivity index (χ1) is 12.2. The molecular formula is C15H14BrClN2O5S2. The van der Waals surface area contributed by atoms with Crippen LogP contribution in [0.2, 0.25) is 5.02 Å². The smallest absolute Gasteiger partial charge is 0.303 e. The van der Waals surface area contributed by atoms with Crippen LogP contribution in [0.4, 0.5) is 5.69 Å². The number of nitrogens with zero attached hydrogens (tertiary/aromatic N) is 2. The Morgan fingerprint density at radius 3 is 2.73 bits per heavy atom. The lowest BCUT2D eigenvalue weighted by molar-refractivity contribution is -0.138. The number of sulfone groups is 1. The van der Waals surface area contributed by atoms with E-state index in [9.17, 15) is 18.0 Å². The average Bonchev–Trinajstić information content (AvgIpc) is 2.97. The van der Waals surface area contributed by atoms with Crippen LogP contribution in [0.15, 0.2) is 27.7 Å².